The van der Waals surface area contributed by atoms with Gasteiger partial charge >= 0.3 is 11.9 Å². The molecule has 24 heavy (non-hydrogen) atoms. The summed E-state index contributed by atoms with van der Waals surface area (Å²) in [4.78, 5) is 25.2. The lowest BCUT2D eigenvalue weighted by Gasteiger charge is -2.30. The van der Waals surface area contributed by atoms with E-state index in [0.29, 0.717) is 21.5 Å². The van der Waals surface area contributed by atoms with Crippen LogP contribution in [0.5, 0.6) is 11.5 Å². The summed E-state index contributed by atoms with van der Waals surface area (Å²) < 4.78 is 21.3. The highest BCUT2D eigenvalue weighted by Crippen LogP contribution is 2.40. The number of halogens is 1. The first-order valence-corrected chi connectivity index (χ1v) is 8.04. The summed E-state index contributed by atoms with van der Waals surface area (Å²) in [6, 6.07) is 3.18. The minimum absolute atomic E-state index is 0.362. The zero-order valence-corrected chi connectivity index (χ0v) is 16.6. The number of methoxy groups -OCH3 is 3. The second-order valence-electron chi connectivity index (χ2n) is 6.31. The Morgan fingerprint density at radius 1 is 0.917 bits per heavy atom. The van der Waals surface area contributed by atoms with Crippen molar-refractivity contribution in [3.05, 3.63) is 22.2 Å². The van der Waals surface area contributed by atoms with Gasteiger partial charge in [0.15, 0.2) is 16.9 Å². The standard InChI is InChI=1S/C17H23BrO6/c1-16(2,3)24-15(20)17(4,14(19)23-7)10-8-12(21-5)13(22-6)9-11(10)18/h8-9H,1-7H3. The molecule has 0 aromatic heterocycles. The molecule has 0 aliphatic rings. The Morgan fingerprint density at radius 3 is 1.83 bits per heavy atom. The third kappa shape index (κ3) is 4.01. The molecular weight excluding hydrogens is 380 g/mol. The zero-order valence-electron chi connectivity index (χ0n) is 15.0. The summed E-state index contributed by atoms with van der Waals surface area (Å²) in [5.74, 6) is -0.599. The van der Waals surface area contributed by atoms with E-state index in [9.17, 15) is 9.59 Å². The van der Waals surface area contributed by atoms with Gasteiger partial charge in [0.25, 0.3) is 0 Å². The van der Waals surface area contributed by atoms with E-state index in [0.717, 1.165) is 0 Å². The van der Waals surface area contributed by atoms with Gasteiger partial charge < -0.3 is 18.9 Å². The molecule has 0 heterocycles. The van der Waals surface area contributed by atoms with E-state index in [-0.39, 0.29) is 0 Å². The van der Waals surface area contributed by atoms with Crippen LogP contribution in [0.1, 0.15) is 33.3 Å². The summed E-state index contributed by atoms with van der Waals surface area (Å²) in [6.07, 6.45) is 0. The number of hydrogen-bond acceptors (Lipinski definition) is 6. The van der Waals surface area contributed by atoms with Crippen LogP contribution in [-0.2, 0) is 24.5 Å². The Bertz CT molecular complexity index is 635. The van der Waals surface area contributed by atoms with E-state index in [1.807, 2.05) is 0 Å². The summed E-state index contributed by atoms with van der Waals surface area (Å²) in [7, 11) is 4.19. The third-order valence-electron chi connectivity index (χ3n) is 3.41. The molecule has 7 heteroatoms. The SMILES string of the molecule is COC(=O)C(C)(C(=O)OC(C)(C)C)c1cc(OC)c(OC)cc1Br. The molecule has 1 rings (SSSR count). The quantitative estimate of drug-likeness (QED) is 0.555. The maximum absolute atomic E-state index is 12.8. The smallest absolute Gasteiger partial charge is 0.328 e. The Hall–Kier alpha value is -1.76. The van der Waals surface area contributed by atoms with Gasteiger partial charge in [-0.1, -0.05) is 15.9 Å². The van der Waals surface area contributed by atoms with Crippen LogP contribution in [0.3, 0.4) is 0 Å². The van der Waals surface area contributed by atoms with Crippen LogP contribution in [0.2, 0.25) is 0 Å². The van der Waals surface area contributed by atoms with Crippen LogP contribution in [0.15, 0.2) is 16.6 Å². The van der Waals surface area contributed by atoms with Gasteiger partial charge in [0.1, 0.15) is 5.60 Å². The predicted molar refractivity (Wildman–Crippen MR) is 92.5 cm³/mol. The number of carbonyl (C=O) groups is 2. The van der Waals surface area contributed by atoms with E-state index in [2.05, 4.69) is 15.9 Å². The molecule has 0 spiro atoms. The number of rotatable bonds is 5. The number of esters is 2. The minimum Gasteiger partial charge on any atom is -0.493 e. The lowest BCUT2D eigenvalue weighted by molar-refractivity contribution is -0.170. The molecule has 1 unspecified atom stereocenters. The van der Waals surface area contributed by atoms with Gasteiger partial charge in [0, 0.05) is 4.47 Å². The fourth-order valence-electron chi connectivity index (χ4n) is 2.12. The lowest BCUT2D eigenvalue weighted by atomic mass is 9.82. The van der Waals surface area contributed by atoms with E-state index >= 15 is 0 Å². The molecule has 1 aromatic carbocycles. The van der Waals surface area contributed by atoms with Crippen molar-refractivity contribution < 1.29 is 28.5 Å². The summed E-state index contributed by atoms with van der Waals surface area (Å²) in [5.41, 5.74) is -2.06. The largest absolute Gasteiger partial charge is 0.493 e. The maximum atomic E-state index is 12.8. The van der Waals surface area contributed by atoms with Crippen molar-refractivity contribution in [2.24, 2.45) is 0 Å². The molecule has 0 fully saturated rings. The topological polar surface area (TPSA) is 71.1 Å². The Balaban J connectivity index is 3.57. The van der Waals surface area contributed by atoms with Crippen molar-refractivity contribution in [3.63, 3.8) is 0 Å². The molecule has 1 atom stereocenters. The molecule has 0 aliphatic heterocycles. The molecule has 1 aromatic rings. The highest BCUT2D eigenvalue weighted by atomic mass is 79.9. The van der Waals surface area contributed by atoms with Gasteiger partial charge in [-0.25, -0.2) is 0 Å². The number of hydrogen-bond donors (Lipinski definition) is 0. The van der Waals surface area contributed by atoms with Crippen LogP contribution < -0.4 is 9.47 Å². The molecule has 0 amide bonds. The number of ether oxygens (including phenoxy) is 4. The average molecular weight is 403 g/mol. The van der Waals surface area contributed by atoms with Crippen LogP contribution in [0.25, 0.3) is 0 Å². The fraction of sp³-hybridized carbons (Fsp3) is 0.529. The highest BCUT2D eigenvalue weighted by Gasteiger charge is 2.48. The predicted octanol–water partition coefficient (Wildman–Crippen LogP) is 3.24. The second-order valence-corrected chi connectivity index (χ2v) is 7.16. The molecule has 134 valence electrons. The molecular formula is C17H23BrO6. The monoisotopic (exact) mass is 402 g/mol. The molecule has 0 aliphatic carbocycles. The zero-order chi connectivity index (χ0) is 18.7. The molecule has 0 saturated heterocycles. The van der Waals surface area contributed by atoms with E-state index < -0.39 is 23.0 Å². The van der Waals surface area contributed by atoms with E-state index in [1.165, 1.54) is 28.3 Å². The Labute approximate surface area is 150 Å². The van der Waals surface area contributed by atoms with E-state index in [1.54, 1.807) is 32.9 Å². The summed E-state index contributed by atoms with van der Waals surface area (Å²) >= 11 is 3.38. The van der Waals surface area contributed by atoms with Gasteiger partial charge in [-0.05, 0) is 45.4 Å². The molecule has 0 N–H and O–H groups in total. The average Bonchev–Trinajstić information content (AvgIpc) is 2.51. The first-order valence-electron chi connectivity index (χ1n) is 7.25. The van der Waals surface area contributed by atoms with Gasteiger partial charge in [-0.2, -0.15) is 0 Å². The molecule has 0 saturated carbocycles. The number of carbonyl (C=O) groups excluding carboxylic acids is 2. The maximum Gasteiger partial charge on any atom is 0.328 e. The van der Waals surface area contributed by atoms with E-state index in [4.69, 9.17) is 18.9 Å². The summed E-state index contributed by atoms with van der Waals surface area (Å²) in [6.45, 7) is 6.64. The van der Waals surface area contributed by atoms with Gasteiger partial charge in [-0.3, -0.25) is 9.59 Å². The van der Waals surface area contributed by atoms with Gasteiger partial charge in [0.2, 0.25) is 0 Å². The van der Waals surface area contributed by atoms with Crippen molar-refractivity contribution in [2.75, 3.05) is 21.3 Å². The molecule has 0 radical (unpaired) electrons. The first kappa shape index (κ1) is 20.3. The van der Waals surface area contributed by atoms with Crippen molar-refractivity contribution in [1.29, 1.82) is 0 Å². The molecule has 6 nitrogen and oxygen atoms in total. The van der Waals surface area contributed by atoms with Crippen LogP contribution >= 0.6 is 15.9 Å². The van der Waals surface area contributed by atoms with Crippen LogP contribution in [-0.4, -0.2) is 38.9 Å². The van der Waals surface area contributed by atoms with Gasteiger partial charge in [0.05, 0.1) is 21.3 Å². The highest BCUT2D eigenvalue weighted by molar-refractivity contribution is 9.10. The third-order valence-corrected chi connectivity index (χ3v) is 4.07. The van der Waals surface area contributed by atoms with Gasteiger partial charge in [-0.15, -0.1) is 0 Å². The first-order chi connectivity index (χ1) is 11.0. The van der Waals surface area contributed by atoms with Crippen molar-refractivity contribution in [3.8, 4) is 11.5 Å². The summed E-state index contributed by atoms with van der Waals surface area (Å²) in [5, 5.41) is 0. The Kier molecular flexibility index (Phi) is 6.27. The van der Waals surface area contributed by atoms with Crippen molar-refractivity contribution in [1.82, 2.24) is 0 Å². The Morgan fingerprint density at radius 2 is 1.42 bits per heavy atom. The fourth-order valence-corrected chi connectivity index (χ4v) is 2.84. The van der Waals surface area contributed by atoms with Crippen LogP contribution in [0.4, 0.5) is 0 Å². The minimum atomic E-state index is -1.67. The molecule has 0 bridgehead atoms. The van der Waals surface area contributed by atoms with Crippen LogP contribution in [0, 0.1) is 0 Å². The normalized spacial score (nSPS) is 13.7. The lowest BCUT2D eigenvalue weighted by Crippen LogP contribution is -2.46. The number of benzene rings is 1. The van der Waals surface area contributed by atoms with Crippen molar-refractivity contribution >= 4 is 27.9 Å². The van der Waals surface area contributed by atoms with Crippen molar-refractivity contribution in [2.45, 2.75) is 38.7 Å². The second kappa shape index (κ2) is 7.42.